The Morgan fingerprint density at radius 2 is 1.76 bits per heavy atom. The van der Waals surface area contributed by atoms with Gasteiger partial charge in [-0.15, -0.1) is 21.5 Å². The molecular formula is C25H22N4O2S2. The summed E-state index contributed by atoms with van der Waals surface area (Å²) < 4.78 is 8.15. The van der Waals surface area contributed by atoms with Crippen molar-refractivity contribution in [2.75, 3.05) is 0 Å². The van der Waals surface area contributed by atoms with Crippen LogP contribution in [0.25, 0.3) is 20.7 Å². The molecular weight excluding hydrogens is 452 g/mol. The second-order valence-electron chi connectivity index (χ2n) is 7.94. The van der Waals surface area contributed by atoms with Crippen molar-refractivity contribution < 1.29 is 4.42 Å². The molecule has 8 heteroatoms. The molecule has 6 nitrogen and oxygen atoms in total. The molecule has 0 bridgehead atoms. The van der Waals surface area contributed by atoms with Crippen LogP contribution >= 0.6 is 23.1 Å². The van der Waals surface area contributed by atoms with Gasteiger partial charge in [0.25, 0.3) is 5.56 Å². The maximum atomic E-state index is 13.6. The summed E-state index contributed by atoms with van der Waals surface area (Å²) in [4.78, 5) is 19.5. The van der Waals surface area contributed by atoms with Crippen LogP contribution in [0.15, 0.2) is 81.1 Å². The highest BCUT2D eigenvalue weighted by Gasteiger charge is 2.17. The van der Waals surface area contributed by atoms with Crippen LogP contribution in [0.5, 0.6) is 0 Å². The van der Waals surface area contributed by atoms with Gasteiger partial charge in [0.05, 0.1) is 17.8 Å². The van der Waals surface area contributed by atoms with Crippen LogP contribution in [-0.2, 0) is 12.3 Å². The van der Waals surface area contributed by atoms with Crippen molar-refractivity contribution in [3.63, 3.8) is 0 Å². The lowest BCUT2D eigenvalue weighted by atomic mass is 10.2. The van der Waals surface area contributed by atoms with E-state index in [0.29, 0.717) is 39.5 Å². The number of fused-ring (bicyclic) bond motifs is 1. The van der Waals surface area contributed by atoms with Crippen LogP contribution in [-0.4, -0.2) is 19.7 Å². The number of nitrogens with zero attached hydrogens (tertiary/aromatic N) is 4. The van der Waals surface area contributed by atoms with E-state index >= 15 is 0 Å². The molecule has 0 fully saturated rings. The van der Waals surface area contributed by atoms with Crippen LogP contribution in [0.2, 0.25) is 0 Å². The minimum absolute atomic E-state index is 0.0352. The van der Waals surface area contributed by atoms with Crippen LogP contribution in [0.4, 0.5) is 0 Å². The number of aromatic nitrogens is 4. The molecule has 0 aliphatic heterocycles. The first-order chi connectivity index (χ1) is 16.1. The fourth-order valence-electron chi connectivity index (χ4n) is 3.44. The Morgan fingerprint density at radius 3 is 2.45 bits per heavy atom. The highest BCUT2D eigenvalue weighted by Crippen LogP contribution is 2.32. The standard InChI is InChI=1S/C25H22N4O2S2/c1-16(2)23-28-27-21(31-23)15-32-25-26-19-13-20(18-11-7-4-8-12-18)33-22(19)24(30)29(25)14-17-9-5-3-6-10-17/h3-13,16H,14-15H2,1-2H3. The zero-order chi connectivity index (χ0) is 22.8. The van der Waals surface area contributed by atoms with Crippen LogP contribution in [0.1, 0.15) is 37.1 Å². The summed E-state index contributed by atoms with van der Waals surface area (Å²) in [7, 11) is 0. The first-order valence-electron chi connectivity index (χ1n) is 10.7. The lowest BCUT2D eigenvalue weighted by Gasteiger charge is -2.11. The van der Waals surface area contributed by atoms with Crippen molar-refractivity contribution >= 4 is 33.3 Å². The van der Waals surface area contributed by atoms with Crippen molar-refractivity contribution in [3.8, 4) is 10.4 Å². The van der Waals surface area contributed by atoms with Gasteiger partial charge >= 0.3 is 0 Å². The fourth-order valence-corrected chi connectivity index (χ4v) is 5.32. The van der Waals surface area contributed by atoms with Crippen molar-refractivity contribution in [3.05, 3.63) is 94.4 Å². The Labute approximate surface area is 199 Å². The molecule has 0 N–H and O–H groups in total. The lowest BCUT2D eigenvalue weighted by molar-refractivity contribution is 0.445. The highest BCUT2D eigenvalue weighted by molar-refractivity contribution is 7.98. The van der Waals surface area contributed by atoms with Crippen molar-refractivity contribution in [2.24, 2.45) is 0 Å². The number of thiophene rings is 1. The molecule has 0 radical (unpaired) electrons. The maximum absolute atomic E-state index is 13.6. The molecule has 3 aromatic heterocycles. The predicted octanol–water partition coefficient (Wildman–Crippen LogP) is 5.97. The molecule has 33 heavy (non-hydrogen) atoms. The predicted molar refractivity (Wildman–Crippen MR) is 133 cm³/mol. The minimum Gasteiger partial charge on any atom is -0.424 e. The zero-order valence-electron chi connectivity index (χ0n) is 18.3. The van der Waals surface area contributed by atoms with Crippen LogP contribution in [0.3, 0.4) is 0 Å². The van der Waals surface area contributed by atoms with E-state index in [0.717, 1.165) is 16.0 Å². The third-order valence-corrected chi connectivity index (χ3v) is 7.26. The molecule has 0 aliphatic carbocycles. The van der Waals surface area contributed by atoms with Crippen LogP contribution in [0, 0.1) is 0 Å². The summed E-state index contributed by atoms with van der Waals surface area (Å²) >= 11 is 2.92. The molecule has 0 unspecified atom stereocenters. The molecule has 0 amide bonds. The van der Waals surface area contributed by atoms with E-state index in [4.69, 9.17) is 9.40 Å². The van der Waals surface area contributed by atoms with Gasteiger partial charge in [-0.05, 0) is 17.2 Å². The molecule has 0 spiro atoms. The Balaban J connectivity index is 1.55. The summed E-state index contributed by atoms with van der Waals surface area (Å²) in [5.41, 5.74) is 2.80. The molecule has 0 saturated heterocycles. The van der Waals surface area contributed by atoms with E-state index in [-0.39, 0.29) is 11.5 Å². The van der Waals surface area contributed by atoms with Gasteiger partial charge in [0.15, 0.2) is 5.16 Å². The average molecular weight is 475 g/mol. The van der Waals surface area contributed by atoms with Gasteiger partial charge in [-0.3, -0.25) is 9.36 Å². The Morgan fingerprint density at radius 1 is 1.03 bits per heavy atom. The van der Waals surface area contributed by atoms with E-state index in [2.05, 4.69) is 10.2 Å². The molecule has 0 saturated carbocycles. The maximum Gasteiger partial charge on any atom is 0.272 e. The monoisotopic (exact) mass is 474 g/mol. The van der Waals surface area contributed by atoms with Gasteiger partial charge in [0.1, 0.15) is 4.70 Å². The van der Waals surface area contributed by atoms with Gasteiger partial charge in [-0.25, -0.2) is 4.98 Å². The normalized spacial score (nSPS) is 11.5. The second-order valence-corrected chi connectivity index (χ2v) is 9.93. The summed E-state index contributed by atoms with van der Waals surface area (Å²) in [6, 6.07) is 22.0. The zero-order valence-corrected chi connectivity index (χ0v) is 19.9. The van der Waals surface area contributed by atoms with Gasteiger partial charge in [-0.1, -0.05) is 86.3 Å². The van der Waals surface area contributed by atoms with Gasteiger partial charge in [0, 0.05) is 10.8 Å². The largest absolute Gasteiger partial charge is 0.424 e. The van der Waals surface area contributed by atoms with Crippen LogP contribution < -0.4 is 5.56 Å². The van der Waals surface area contributed by atoms with Crippen molar-refractivity contribution in [2.45, 2.75) is 37.2 Å². The molecule has 5 rings (SSSR count). The van der Waals surface area contributed by atoms with E-state index in [1.807, 2.05) is 80.6 Å². The fraction of sp³-hybridized carbons (Fsp3) is 0.200. The minimum atomic E-state index is -0.0352. The topological polar surface area (TPSA) is 73.8 Å². The van der Waals surface area contributed by atoms with E-state index in [1.165, 1.54) is 23.1 Å². The quantitative estimate of drug-likeness (QED) is 0.214. The number of benzene rings is 2. The molecule has 2 aromatic carbocycles. The number of rotatable bonds is 7. The number of hydrogen-bond acceptors (Lipinski definition) is 7. The molecule has 0 aliphatic rings. The number of hydrogen-bond donors (Lipinski definition) is 0. The van der Waals surface area contributed by atoms with Gasteiger partial charge < -0.3 is 4.42 Å². The highest BCUT2D eigenvalue weighted by atomic mass is 32.2. The van der Waals surface area contributed by atoms with E-state index < -0.39 is 0 Å². The first-order valence-corrected chi connectivity index (χ1v) is 12.5. The Kier molecular flexibility index (Phi) is 6.11. The van der Waals surface area contributed by atoms with Gasteiger partial charge in [0.2, 0.25) is 11.8 Å². The van der Waals surface area contributed by atoms with E-state index in [1.54, 1.807) is 4.57 Å². The first kappa shape index (κ1) is 21.6. The summed E-state index contributed by atoms with van der Waals surface area (Å²) in [5, 5.41) is 8.89. The second kappa shape index (κ2) is 9.33. The Bertz CT molecular complexity index is 1440. The third-order valence-electron chi connectivity index (χ3n) is 5.14. The average Bonchev–Trinajstić information content (AvgIpc) is 3.49. The lowest BCUT2D eigenvalue weighted by Crippen LogP contribution is -2.23. The van der Waals surface area contributed by atoms with Gasteiger partial charge in [-0.2, -0.15) is 0 Å². The molecule has 3 heterocycles. The van der Waals surface area contributed by atoms with Crippen molar-refractivity contribution in [1.82, 2.24) is 19.7 Å². The molecule has 5 aromatic rings. The summed E-state index contributed by atoms with van der Waals surface area (Å²) in [6.45, 7) is 4.47. The molecule has 0 atom stereocenters. The Hall–Kier alpha value is -3.23. The number of thioether (sulfide) groups is 1. The smallest absolute Gasteiger partial charge is 0.272 e. The third kappa shape index (κ3) is 4.62. The molecule has 166 valence electrons. The van der Waals surface area contributed by atoms with Crippen molar-refractivity contribution in [1.29, 1.82) is 0 Å². The summed E-state index contributed by atoms with van der Waals surface area (Å²) in [5.74, 6) is 1.76. The van der Waals surface area contributed by atoms with E-state index in [9.17, 15) is 4.79 Å². The SMILES string of the molecule is CC(C)c1nnc(CSc2nc3cc(-c4ccccc4)sc3c(=O)n2Cc2ccccc2)o1. The summed E-state index contributed by atoms with van der Waals surface area (Å²) in [6.07, 6.45) is 0.